The number of carboxylic acids is 1. The molecule has 0 bridgehead atoms. The lowest BCUT2D eigenvalue weighted by Gasteiger charge is -2.20. The quantitative estimate of drug-likeness (QED) is 0.233. The number of anilines is 1. The van der Waals surface area contributed by atoms with Crippen molar-refractivity contribution in [1.29, 1.82) is 0 Å². The van der Waals surface area contributed by atoms with E-state index in [9.17, 15) is 23.4 Å². The first-order chi connectivity index (χ1) is 17.0. The molecule has 3 aromatic rings. The SMILES string of the molecule is COc1cccc(Oc2c(NS(=O)(=O)c3ccc(C)cc3S)cc(C(=O)O)cc2OCC(O)CO)c1. The molecule has 0 radical (unpaired) electrons. The van der Waals surface area contributed by atoms with Crippen LogP contribution in [0.25, 0.3) is 0 Å². The molecule has 12 heteroatoms. The third kappa shape index (κ3) is 6.61. The third-order valence-corrected chi connectivity index (χ3v) is 6.80. The number of hydrogen-bond donors (Lipinski definition) is 5. The Bertz CT molecular complexity index is 1360. The number of aliphatic hydroxyl groups excluding tert-OH is 2. The number of carboxylic acid groups (broad SMARTS) is 1. The summed E-state index contributed by atoms with van der Waals surface area (Å²) in [5, 5.41) is 28.5. The van der Waals surface area contributed by atoms with E-state index in [0.29, 0.717) is 5.75 Å². The van der Waals surface area contributed by atoms with Gasteiger partial charge in [0.2, 0.25) is 0 Å². The van der Waals surface area contributed by atoms with Gasteiger partial charge >= 0.3 is 5.97 Å². The van der Waals surface area contributed by atoms with Crippen LogP contribution in [0.15, 0.2) is 64.4 Å². The molecule has 0 heterocycles. The van der Waals surface area contributed by atoms with Crippen molar-refractivity contribution in [1.82, 2.24) is 0 Å². The van der Waals surface area contributed by atoms with E-state index in [1.165, 1.54) is 19.2 Å². The zero-order chi connectivity index (χ0) is 26.5. The predicted molar refractivity (Wildman–Crippen MR) is 134 cm³/mol. The highest BCUT2D eigenvalue weighted by Gasteiger charge is 2.25. The third-order valence-electron chi connectivity index (χ3n) is 4.85. The van der Waals surface area contributed by atoms with Crippen LogP contribution >= 0.6 is 12.6 Å². The molecule has 0 saturated heterocycles. The second kappa shape index (κ2) is 11.5. The number of aliphatic hydroxyl groups is 2. The topological polar surface area (TPSA) is 152 Å². The maximum absolute atomic E-state index is 13.2. The summed E-state index contributed by atoms with van der Waals surface area (Å²) in [5.74, 6) is -1.03. The molecule has 0 aromatic heterocycles. The van der Waals surface area contributed by atoms with Crippen LogP contribution in [0, 0.1) is 6.92 Å². The molecule has 0 saturated carbocycles. The maximum Gasteiger partial charge on any atom is 0.335 e. The number of aryl methyl sites for hydroxylation is 1. The maximum atomic E-state index is 13.2. The molecule has 1 atom stereocenters. The van der Waals surface area contributed by atoms with E-state index in [4.69, 9.17) is 19.3 Å². The van der Waals surface area contributed by atoms with Gasteiger partial charge in [-0.3, -0.25) is 4.72 Å². The first-order valence-electron chi connectivity index (χ1n) is 10.5. The Hall–Kier alpha value is -3.45. The van der Waals surface area contributed by atoms with Crippen molar-refractivity contribution in [3.63, 3.8) is 0 Å². The summed E-state index contributed by atoms with van der Waals surface area (Å²) in [6.45, 7) is 0.756. The number of rotatable bonds is 11. The Balaban J connectivity index is 2.16. The van der Waals surface area contributed by atoms with Crippen LogP contribution in [-0.2, 0) is 10.0 Å². The number of carbonyl (C=O) groups is 1. The number of aromatic carboxylic acids is 1. The molecule has 0 spiro atoms. The van der Waals surface area contributed by atoms with Gasteiger partial charge in [-0.2, -0.15) is 0 Å². The number of methoxy groups -OCH3 is 1. The van der Waals surface area contributed by atoms with E-state index in [1.807, 2.05) is 0 Å². The van der Waals surface area contributed by atoms with Crippen molar-refractivity contribution in [3.8, 4) is 23.0 Å². The van der Waals surface area contributed by atoms with Gasteiger partial charge in [0.1, 0.15) is 29.1 Å². The van der Waals surface area contributed by atoms with Gasteiger partial charge in [-0.05, 0) is 48.9 Å². The molecule has 36 heavy (non-hydrogen) atoms. The van der Waals surface area contributed by atoms with Gasteiger partial charge in [0.05, 0.1) is 25.0 Å². The number of nitrogens with one attached hydrogen (secondary N) is 1. The molecule has 0 aliphatic carbocycles. The molecule has 3 aromatic carbocycles. The highest BCUT2D eigenvalue weighted by molar-refractivity contribution is 7.93. The Kier molecular flexibility index (Phi) is 8.69. The molecule has 0 amide bonds. The lowest BCUT2D eigenvalue weighted by Crippen LogP contribution is -2.22. The van der Waals surface area contributed by atoms with Gasteiger partial charge in [0.25, 0.3) is 10.0 Å². The highest BCUT2D eigenvalue weighted by atomic mass is 32.2. The van der Waals surface area contributed by atoms with Gasteiger partial charge < -0.3 is 29.5 Å². The Morgan fingerprint density at radius 2 is 1.83 bits per heavy atom. The van der Waals surface area contributed by atoms with E-state index >= 15 is 0 Å². The molecule has 4 N–H and O–H groups in total. The first kappa shape index (κ1) is 27.1. The molecule has 0 aliphatic rings. The normalized spacial score (nSPS) is 12.0. The molecule has 192 valence electrons. The molecular formula is C24H25NO9S2. The number of hydrogen-bond acceptors (Lipinski definition) is 9. The largest absolute Gasteiger partial charge is 0.497 e. The molecular weight excluding hydrogens is 510 g/mol. The van der Waals surface area contributed by atoms with Crippen molar-refractivity contribution >= 4 is 34.3 Å². The van der Waals surface area contributed by atoms with Crippen molar-refractivity contribution in [3.05, 3.63) is 65.7 Å². The molecule has 0 fully saturated rings. The molecule has 3 rings (SSSR count). The fourth-order valence-electron chi connectivity index (χ4n) is 3.09. The summed E-state index contributed by atoms with van der Waals surface area (Å²) in [6.07, 6.45) is -1.28. The van der Waals surface area contributed by atoms with Crippen LogP contribution < -0.4 is 18.9 Å². The molecule has 1 unspecified atom stereocenters. The Morgan fingerprint density at radius 1 is 1.11 bits per heavy atom. The summed E-state index contributed by atoms with van der Waals surface area (Å²) >= 11 is 4.26. The smallest absolute Gasteiger partial charge is 0.335 e. The molecule has 0 aliphatic heterocycles. The first-order valence-corrected chi connectivity index (χ1v) is 12.4. The zero-order valence-electron chi connectivity index (χ0n) is 19.3. The van der Waals surface area contributed by atoms with Crippen LogP contribution in [0.4, 0.5) is 5.69 Å². The fraction of sp³-hybridized carbons (Fsp3) is 0.208. The van der Waals surface area contributed by atoms with E-state index in [2.05, 4.69) is 17.4 Å². The second-order valence-corrected chi connectivity index (χ2v) is 9.79. The summed E-state index contributed by atoms with van der Waals surface area (Å²) in [5.41, 5.74) is 0.251. The number of sulfonamides is 1. The number of benzene rings is 3. The van der Waals surface area contributed by atoms with E-state index in [-0.39, 0.29) is 38.3 Å². The fourth-order valence-corrected chi connectivity index (χ4v) is 4.86. The van der Waals surface area contributed by atoms with Gasteiger partial charge in [0, 0.05) is 11.0 Å². The minimum atomic E-state index is -4.25. The lowest BCUT2D eigenvalue weighted by molar-refractivity contribution is 0.0528. The van der Waals surface area contributed by atoms with Crippen LogP contribution in [0.5, 0.6) is 23.0 Å². The average Bonchev–Trinajstić information content (AvgIpc) is 2.83. The van der Waals surface area contributed by atoms with Crippen molar-refractivity contribution < 1.29 is 42.7 Å². The second-order valence-electron chi connectivity index (χ2n) is 7.66. The van der Waals surface area contributed by atoms with Crippen molar-refractivity contribution in [2.24, 2.45) is 0 Å². The van der Waals surface area contributed by atoms with Gasteiger partial charge in [-0.25, -0.2) is 13.2 Å². The monoisotopic (exact) mass is 535 g/mol. The number of ether oxygens (including phenoxy) is 3. The Morgan fingerprint density at radius 3 is 2.47 bits per heavy atom. The highest BCUT2D eigenvalue weighted by Crippen LogP contribution is 2.42. The van der Waals surface area contributed by atoms with Gasteiger partial charge in [-0.15, -0.1) is 12.6 Å². The van der Waals surface area contributed by atoms with E-state index in [1.54, 1.807) is 37.3 Å². The summed E-state index contributed by atoms with van der Waals surface area (Å²) in [4.78, 5) is 11.8. The van der Waals surface area contributed by atoms with Crippen LogP contribution in [0.1, 0.15) is 15.9 Å². The summed E-state index contributed by atoms with van der Waals surface area (Å²) < 4.78 is 45.5. The Labute approximate surface area is 213 Å². The van der Waals surface area contributed by atoms with Crippen LogP contribution in [0.3, 0.4) is 0 Å². The van der Waals surface area contributed by atoms with Crippen molar-refractivity contribution in [2.75, 3.05) is 25.0 Å². The summed E-state index contributed by atoms with van der Waals surface area (Å²) in [7, 11) is -2.79. The number of thiol groups is 1. The minimum absolute atomic E-state index is 0.136. The summed E-state index contributed by atoms with van der Waals surface area (Å²) in [6, 6.07) is 13.2. The van der Waals surface area contributed by atoms with Crippen LogP contribution in [0.2, 0.25) is 0 Å². The lowest BCUT2D eigenvalue weighted by atomic mass is 10.1. The average molecular weight is 536 g/mol. The van der Waals surface area contributed by atoms with E-state index < -0.39 is 35.3 Å². The van der Waals surface area contributed by atoms with Gasteiger partial charge in [0.15, 0.2) is 11.5 Å². The van der Waals surface area contributed by atoms with Crippen LogP contribution in [-0.4, -0.2) is 56.1 Å². The minimum Gasteiger partial charge on any atom is -0.497 e. The molecule has 10 nitrogen and oxygen atoms in total. The van der Waals surface area contributed by atoms with E-state index in [0.717, 1.165) is 17.7 Å². The standard InChI is InChI=1S/C24H25NO9S2/c1-14-6-7-22(21(35)8-14)36(30,31)25-19-9-15(24(28)29)10-20(33-13-16(27)12-26)23(19)34-18-5-3-4-17(11-18)32-2/h3-11,16,25-27,35H,12-13H2,1-2H3,(H,28,29). The predicted octanol–water partition coefficient (Wildman–Crippen LogP) is 3.32. The van der Waals surface area contributed by atoms with Crippen molar-refractivity contribution in [2.45, 2.75) is 22.8 Å². The zero-order valence-corrected chi connectivity index (χ0v) is 21.0. The van der Waals surface area contributed by atoms with Gasteiger partial charge in [-0.1, -0.05) is 12.1 Å².